The highest BCUT2D eigenvalue weighted by molar-refractivity contribution is 5.94. The summed E-state index contributed by atoms with van der Waals surface area (Å²) >= 11 is 0. The summed E-state index contributed by atoms with van der Waals surface area (Å²) in [6, 6.07) is 13.3. The van der Waals surface area contributed by atoms with Gasteiger partial charge in [0.15, 0.2) is 0 Å². The van der Waals surface area contributed by atoms with Gasteiger partial charge in [0.05, 0.1) is 5.56 Å². The standard InChI is InChI=1S/C18H14F3N3O2/c19-18(20,21)14-8-6-12(7-9-14)16(25)22-11-10-15-23-24-17(26-15)13-4-2-1-3-5-13/h1-9H,10-11H2,(H,22,25). The lowest BCUT2D eigenvalue weighted by atomic mass is 10.1. The van der Waals surface area contributed by atoms with Gasteiger partial charge >= 0.3 is 6.18 Å². The zero-order valence-electron chi connectivity index (χ0n) is 13.5. The predicted octanol–water partition coefficient (Wildman–Crippen LogP) is 3.73. The van der Waals surface area contributed by atoms with E-state index in [0.717, 1.165) is 29.8 Å². The molecule has 0 aliphatic rings. The Hall–Kier alpha value is -3.16. The van der Waals surface area contributed by atoms with E-state index in [4.69, 9.17) is 4.42 Å². The smallest absolute Gasteiger partial charge is 0.416 e. The molecule has 0 bridgehead atoms. The van der Waals surface area contributed by atoms with Crippen molar-refractivity contribution in [2.75, 3.05) is 6.54 Å². The van der Waals surface area contributed by atoms with Gasteiger partial charge in [0.2, 0.25) is 11.8 Å². The maximum Gasteiger partial charge on any atom is 0.416 e. The molecule has 0 saturated carbocycles. The Labute approximate surface area is 146 Å². The largest absolute Gasteiger partial charge is 0.421 e. The van der Waals surface area contributed by atoms with Gasteiger partial charge in [0, 0.05) is 24.1 Å². The zero-order valence-corrected chi connectivity index (χ0v) is 13.5. The van der Waals surface area contributed by atoms with Crippen molar-refractivity contribution in [1.29, 1.82) is 0 Å². The van der Waals surface area contributed by atoms with Gasteiger partial charge in [0.25, 0.3) is 5.91 Å². The summed E-state index contributed by atoms with van der Waals surface area (Å²) in [6.07, 6.45) is -4.12. The number of carbonyl (C=O) groups is 1. The fourth-order valence-electron chi connectivity index (χ4n) is 2.25. The van der Waals surface area contributed by atoms with Crippen molar-refractivity contribution < 1.29 is 22.4 Å². The number of halogens is 3. The molecule has 0 fully saturated rings. The SMILES string of the molecule is O=C(NCCc1nnc(-c2ccccc2)o1)c1ccc(C(F)(F)F)cc1. The summed E-state index contributed by atoms with van der Waals surface area (Å²) in [6.45, 7) is 0.219. The predicted molar refractivity (Wildman–Crippen MR) is 87.2 cm³/mol. The molecule has 1 heterocycles. The highest BCUT2D eigenvalue weighted by Gasteiger charge is 2.30. The number of hydrogen-bond donors (Lipinski definition) is 1. The quantitative estimate of drug-likeness (QED) is 0.752. The molecule has 1 amide bonds. The van der Waals surface area contributed by atoms with E-state index < -0.39 is 17.6 Å². The highest BCUT2D eigenvalue weighted by atomic mass is 19.4. The number of rotatable bonds is 5. The molecule has 3 rings (SSSR count). The summed E-state index contributed by atoms with van der Waals surface area (Å²) < 4.78 is 43.0. The van der Waals surface area contributed by atoms with Gasteiger partial charge in [0.1, 0.15) is 0 Å². The Balaban J connectivity index is 1.53. The van der Waals surface area contributed by atoms with Gasteiger partial charge in [-0.2, -0.15) is 13.2 Å². The van der Waals surface area contributed by atoms with Gasteiger partial charge in [-0.15, -0.1) is 10.2 Å². The lowest BCUT2D eigenvalue weighted by molar-refractivity contribution is -0.137. The molecule has 1 aromatic heterocycles. The molecule has 0 saturated heterocycles. The van der Waals surface area contributed by atoms with Crippen molar-refractivity contribution in [1.82, 2.24) is 15.5 Å². The molecule has 8 heteroatoms. The second kappa shape index (κ2) is 7.38. The van der Waals surface area contributed by atoms with Crippen LogP contribution in [-0.4, -0.2) is 22.6 Å². The average molecular weight is 361 g/mol. The van der Waals surface area contributed by atoms with Crippen molar-refractivity contribution in [3.8, 4) is 11.5 Å². The minimum absolute atomic E-state index is 0.147. The molecule has 5 nitrogen and oxygen atoms in total. The van der Waals surface area contributed by atoms with Crippen LogP contribution in [0.2, 0.25) is 0 Å². The first kappa shape index (κ1) is 17.7. The summed E-state index contributed by atoms with van der Waals surface area (Å²) in [5.41, 5.74) is 0.141. The lowest BCUT2D eigenvalue weighted by Gasteiger charge is -2.07. The summed E-state index contributed by atoms with van der Waals surface area (Å²) in [7, 11) is 0. The van der Waals surface area contributed by atoms with E-state index in [1.165, 1.54) is 0 Å². The molecular formula is C18H14F3N3O2. The van der Waals surface area contributed by atoms with Crippen molar-refractivity contribution in [2.45, 2.75) is 12.6 Å². The molecule has 0 unspecified atom stereocenters. The monoisotopic (exact) mass is 361 g/mol. The minimum atomic E-state index is -4.43. The molecule has 2 aromatic carbocycles. The van der Waals surface area contributed by atoms with Gasteiger partial charge in [-0.1, -0.05) is 18.2 Å². The number of aromatic nitrogens is 2. The van der Waals surface area contributed by atoms with Crippen molar-refractivity contribution in [2.24, 2.45) is 0 Å². The number of carbonyl (C=O) groups excluding carboxylic acids is 1. The van der Waals surface area contributed by atoms with Crippen LogP contribution in [-0.2, 0) is 12.6 Å². The zero-order chi connectivity index (χ0) is 18.6. The Morgan fingerprint density at radius 2 is 1.69 bits per heavy atom. The number of alkyl halides is 3. The Morgan fingerprint density at radius 3 is 2.35 bits per heavy atom. The van der Waals surface area contributed by atoms with Gasteiger partial charge in [-0.05, 0) is 36.4 Å². The molecule has 3 aromatic rings. The maximum absolute atomic E-state index is 12.5. The summed E-state index contributed by atoms with van der Waals surface area (Å²) in [5, 5.41) is 10.5. The Morgan fingerprint density at radius 1 is 1.00 bits per heavy atom. The van der Waals surface area contributed by atoms with E-state index in [-0.39, 0.29) is 12.1 Å². The molecule has 0 spiro atoms. The first-order valence-corrected chi connectivity index (χ1v) is 7.77. The molecule has 0 atom stereocenters. The Bertz CT molecular complexity index is 875. The number of nitrogens with zero attached hydrogens (tertiary/aromatic N) is 2. The lowest BCUT2D eigenvalue weighted by Crippen LogP contribution is -2.25. The molecule has 0 radical (unpaired) electrons. The van der Waals surface area contributed by atoms with E-state index in [1.807, 2.05) is 30.3 Å². The third-order valence-corrected chi connectivity index (χ3v) is 3.59. The second-order valence-corrected chi connectivity index (χ2v) is 5.45. The summed E-state index contributed by atoms with van der Waals surface area (Å²) in [5.74, 6) is 0.271. The third kappa shape index (κ3) is 4.27. The molecular weight excluding hydrogens is 347 g/mol. The van der Waals surface area contributed by atoms with Crippen LogP contribution in [0.15, 0.2) is 59.0 Å². The minimum Gasteiger partial charge on any atom is -0.421 e. The van der Waals surface area contributed by atoms with Crippen molar-refractivity contribution in [3.63, 3.8) is 0 Å². The number of nitrogens with one attached hydrogen (secondary N) is 1. The number of benzene rings is 2. The molecule has 1 N–H and O–H groups in total. The van der Waals surface area contributed by atoms with Crippen LogP contribution < -0.4 is 5.32 Å². The van der Waals surface area contributed by atoms with E-state index in [2.05, 4.69) is 15.5 Å². The fraction of sp³-hybridized carbons (Fsp3) is 0.167. The normalized spacial score (nSPS) is 11.3. The maximum atomic E-state index is 12.5. The summed E-state index contributed by atoms with van der Waals surface area (Å²) in [4.78, 5) is 12.0. The Kier molecular flexibility index (Phi) is 5.01. The number of amides is 1. The molecule has 0 aliphatic carbocycles. The van der Waals surface area contributed by atoms with Gasteiger partial charge in [-0.3, -0.25) is 4.79 Å². The van der Waals surface area contributed by atoms with Crippen LogP contribution in [0.1, 0.15) is 21.8 Å². The molecule has 0 aliphatic heterocycles. The van der Waals surface area contributed by atoms with Crippen LogP contribution >= 0.6 is 0 Å². The fourth-order valence-corrected chi connectivity index (χ4v) is 2.25. The van der Waals surface area contributed by atoms with E-state index >= 15 is 0 Å². The number of hydrogen-bond acceptors (Lipinski definition) is 4. The van der Waals surface area contributed by atoms with Gasteiger partial charge < -0.3 is 9.73 Å². The van der Waals surface area contributed by atoms with E-state index in [1.54, 1.807) is 0 Å². The van der Waals surface area contributed by atoms with E-state index in [9.17, 15) is 18.0 Å². The van der Waals surface area contributed by atoms with Crippen LogP contribution in [0.25, 0.3) is 11.5 Å². The van der Waals surface area contributed by atoms with Gasteiger partial charge in [-0.25, -0.2) is 0 Å². The average Bonchev–Trinajstić information content (AvgIpc) is 3.11. The van der Waals surface area contributed by atoms with Crippen LogP contribution in [0.3, 0.4) is 0 Å². The second-order valence-electron chi connectivity index (χ2n) is 5.45. The molecule has 26 heavy (non-hydrogen) atoms. The van der Waals surface area contributed by atoms with Crippen molar-refractivity contribution in [3.05, 3.63) is 71.6 Å². The first-order chi connectivity index (χ1) is 12.4. The topological polar surface area (TPSA) is 68.0 Å². The van der Waals surface area contributed by atoms with Crippen LogP contribution in [0.5, 0.6) is 0 Å². The van der Waals surface area contributed by atoms with Crippen LogP contribution in [0.4, 0.5) is 13.2 Å². The molecule has 134 valence electrons. The highest BCUT2D eigenvalue weighted by Crippen LogP contribution is 2.29. The third-order valence-electron chi connectivity index (χ3n) is 3.59. The van der Waals surface area contributed by atoms with Crippen LogP contribution in [0, 0.1) is 0 Å². The first-order valence-electron chi connectivity index (χ1n) is 7.77. The van der Waals surface area contributed by atoms with E-state index in [0.29, 0.717) is 18.2 Å². The van der Waals surface area contributed by atoms with Crippen molar-refractivity contribution >= 4 is 5.91 Å².